The third-order valence-corrected chi connectivity index (χ3v) is 7.63. The summed E-state index contributed by atoms with van der Waals surface area (Å²) in [6.07, 6.45) is 4.42. The molecule has 4 heterocycles. The number of hydrogen-bond donors (Lipinski definition) is 0. The van der Waals surface area contributed by atoms with Crippen LogP contribution in [0.3, 0.4) is 0 Å². The average Bonchev–Trinajstić information content (AvgIpc) is 2.99. The molecule has 41 heavy (non-hydrogen) atoms. The molecule has 1 amide bonds. The Morgan fingerprint density at radius 2 is 1.98 bits per heavy atom. The molecule has 1 aliphatic heterocycles. The Hall–Kier alpha value is -4.30. The molecule has 1 aromatic carbocycles. The van der Waals surface area contributed by atoms with Crippen LogP contribution in [-0.4, -0.2) is 56.0 Å². The first kappa shape index (κ1) is 24.5. The quantitative estimate of drug-likeness (QED) is 0.272. The van der Waals surface area contributed by atoms with Gasteiger partial charge in [-0.05, 0) is 49.0 Å². The molecule has 4 aromatic rings. The molecule has 0 unspecified atom stereocenters. The molecule has 0 N–H and O–H groups in total. The number of pyridine rings is 2. The first-order chi connectivity index (χ1) is 20.9. The summed E-state index contributed by atoms with van der Waals surface area (Å²) >= 11 is 6.92. The third kappa shape index (κ3) is 5.04. The Labute approximate surface area is 248 Å². The van der Waals surface area contributed by atoms with Crippen LogP contribution in [0, 0.1) is 6.85 Å². The highest BCUT2D eigenvalue weighted by atomic mass is 35.5. The molecule has 3 aromatic heterocycles. The second-order valence-corrected chi connectivity index (χ2v) is 10.7. The van der Waals surface area contributed by atoms with E-state index in [9.17, 15) is 9.59 Å². The maximum Gasteiger partial charge on any atom is 0.355 e. The number of benzene rings is 1. The van der Waals surface area contributed by atoms with Crippen molar-refractivity contribution >= 4 is 40.4 Å². The van der Waals surface area contributed by atoms with Crippen LogP contribution in [0.1, 0.15) is 47.6 Å². The molecular weight excluding hydrogens is 536 g/mol. The lowest BCUT2D eigenvalue weighted by molar-refractivity contribution is -0.126. The van der Waals surface area contributed by atoms with Crippen molar-refractivity contribution in [3.63, 3.8) is 0 Å². The van der Waals surface area contributed by atoms with Gasteiger partial charge < -0.3 is 9.80 Å². The molecule has 9 heteroatoms. The van der Waals surface area contributed by atoms with Crippen LogP contribution >= 0.6 is 11.6 Å². The minimum absolute atomic E-state index is 0.0381. The molecule has 210 valence electrons. The normalized spacial score (nSPS) is 16.8. The van der Waals surface area contributed by atoms with E-state index in [1.54, 1.807) is 17.0 Å². The van der Waals surface area contributed by atoms with E-state index in [2.05, 4.69) is 23.1 Å². The van der Waals surface area contributed by atoms with E-state index >= 15 is 0 Å². The van der Waals surface area contributed by atoms with Gasteiger partial charge in [-0.2, -0.15) is 4.98 Å². The second kappa shape index (κ2) is 11.3. The zero-order chi connectivity index (χ0) is 31.9. The van der Waals surface area contributed by atoms with Gasteiger partial charge in [0.15, 0.2) is 5.65 Å². The smallest absolute Gasteiger partial charge is 0.350 e. The van der Waals surface area contributed by atoms with Crippen molar-refractivity contribution in [1.82, 2.24) is 24.4 Å². The van der Waals surface area contributed by atoms with Crippen molar-refractivity contribution < 1.29 is 8.91 Å². The van der Waals surface area contributed by atoms with E-state index < -0.39 is 12.5 Å². The average molecular weight is 572 g/mol. The summed E-state index contributed by atoms with van der Waals surface area (Å²) in [4.78, 5) is 44.2. The van der Waals surface area contributed by atoms with E-state index in [1.165, 1.54) is 22.9 Å². The van der Waals surface area contributed by atoms with E-state index in [4.69, 9.17) is 20.7 Å². The Balaban J connectivity index is 1.88. The number of hydrogen-bond acceptors (Lipinski definition) is 6. The fourth-order valence-electron chi connectivity index (χ4n) is 5.33. The summed E-state index contributed by atoms with van der Waals surface area (Å²) < 4.78 is 26.2. The van der Waals surface area contributed by atoms with Gasteiger partial charge in [-0.3, -0.25) is 9.78 Å². The fourth-order valence-corrected chi connectivity index (χ4v) is 5.59. The minimum Gasteiger partial charge on any atom is -0.350 e. The molecular formula is C32H33ClN6O2. The number of anilines is 1. The van der Waals surface area contributed by atoms with Gasteiger partial charge in [0.25, 0.3) is 0 Å². The van der Waals surface area contributed by atoms with Gasteiger partial charge in [0.05, 0.1) is 27.5 Å². The van der Waals surface area contributed by atoms with E-state index in [-0.39, 0.29) is 34.8 Å². The van der Waals surface area contributed by atoms with Crippen LogP contribution in [0.2, 0.25) is 5.02 Å². The van der Waals surface area contributed by atoms with Crippen LogP contribution in [0.15, 0.2) is 66.6 Å². The SMILES string of the molecule is [2H]C([2H])([2H])c1ccnc(C(C)C)c1-n1c(=O)nc(N2CCN(C(=O)C=C)C[C@@H]2C)c2cc(Cl)c(-c3ccccc3C=C)nc21. The molecule has 0 spiro atoms. The van der Waals surface area contributed by atoms with Crippen LogP contribution in [0.5, 0.6) is 0 Å². The lowest BCUT2D eigenvalue weighted by Crippen LogP contribution is -2.54. The highest BCUT2D eigenvalue weighted by Gasteiger charge is 2.30. The van der Waals surface area contributed by atoms with E-state index in [1.807, 2.05) is 49.9 Å². The number of piperazine rings is 1. The van der Waals surface area contributed by atoms with Crippen molar-refractivity contribution in [2.45, 2.75) is 39.6 Å². The molecule has 0 aliphatic carbocycles. The van der Waals surface area contributed by atoms with Gasteiger partial charge in [-0.1, -0.05) is 68.9 Å². The van der Waals surface area contributed by atoms with Crippen molar-refractivity contribution in [3.8, 4) is 16.9 Å². The lowest BCUT2D eigenvalue weighted by atomic mass is 10.0. The zero-order valence-electron chi connectivity index (χ0n) is 26.3. The number of halogens is 1. The lowest BCUT2D eigenvalue weighted by Gasteiger charge is -2.40. The Morgan fingerprint density at radius 3 is 2.66 bits per heavy atom. The standard InChI is InChI=1S/C32H33ClN6O2/c1-7-22-11-9-10-12-23(22)28-25(33)17-24-30(38-16-15-37(18-21(38)6)26(40)8-2)36-32(41)39(31(24)35-28)29-20(5)13-14-34-27(29)19(3)4/h7-14,17,19,21H,1-2,15-16,18H2,3-6H3/t21-/m0/s1/i5D3. The highest BCUT2D eigenvalue weighted by molar-refractivity contribution is 6.34. The Morgan fingerprint density at radius 1 is 1.20 bits per heavy atom. The second-order valence-electron chi connectivity index (χ2n) is 10.3. The number of carbonyl (C=O) groups excluding carboxylic acids is 1. The van der Waals surface area contributed by atoms with Gasteiger partial charge in [-0.25, -0.2) is 14.3 Å². The highest BCUT2D eigenvalue weighted by Crippen LogP contribution is 2.36. The molecule has 0 radical (unpaired) electrons. The topological polar surface area (TPSA) is 84.2 Å². The molecule has 1 fully saturated rings. The summed E-state index contributed by atoms with van der Waals surface area (Å²) in [5, 5.41) is 0.777. The van der Waals surface area contributed by atoms with Crippen molar-refractivity contribution in [3.05, 3.63) is 94.2 Å². The van der Waals surface area contributed by atoms with Crippen molar-refractivity contribution in [1.29, 1.82) is 0 Å². The van der Waals surface area contributed by atoms with Crippen molar-refractivity contribution in [2.24, 2.45) is 0 Å². The number of rotatable bonds is 6. The van der Waals surface area contributed by atoms with Gasteiger partial charge >= 0.3 is 5.69 Å². The van der Waals surface area contributed by atoms with Crippen LogP contribution in [0.4, 0.5) is 5.82 Å². The third-order valence-electron chi connectivity index (χ3n) is 7.35. The summed E-state index contributed by atoms with van der Waals surface area (Å²) in [6.45, 7) is 11.9. The zero-order valence-corrected chi connectivity index (χ0v) is 24.0. The monoisotopic (exact) mass is 571 g/mol. The van der Waals surface area contributed by atoms with Gasteiger partial charge in [0.1, 0.15) is 5.82 Å². The number of nitrogens with zero attached hydrogens (tertiary/aromatic N) is 6. The Bertz CT molecular complexity index is 1850. The van der Waals surface area contributed by atoms with Gasteiger partial charge in [0, 0.05) is 41.5 Å². The van der Waals surface area contributed by atoms with Crippen molar-refractivity contribution in [2.75, 3.05) is 24.5 Å². The minimum atomic E-state index is -2.56. The molecule has 8 nitrogen and oxygen atoms in total. The molecule has 5 rings (SSSR count). The molecule has 0 bridgehead atoms. The number of aromatic nitrogens is 4. The summed E-state index contributed by atoms with van der Waals surface area (Å²) in [5.74, 6) is -0.0459. The predicted octanol–water partition coefficient (Wildman–Crippen LogP) is 5.79. The predicted molar refractivity (Wildman–Crippen MR) is 166 cm³/mol. The molecule has 1 saturated heterocycles. The number of fused-ring (bicyclic) bond motifs is 1. The fraction of sp³-hybridized carbons (Fsp3) is 0.281. The molecule has 0 saturated carbocycles. The van der Waals surface area contributed by atoms with Gasteiger partial charge in [0.2, 0.25) is 5.91 Å². The number of amides is 1. The first-order valence-corrected chi connectivity index (χ1v) is 13.8. The number of carbonyl (C=O) groups is 1. The van der Waals surface area contributed by atoms with E-state index in [0.29, 0.717) is 52.8 Å². The number of aryl methyl sites for hydroxylation is 1. The van der Waals surface area contributed by atoms with Gasteiger partial charge in [-0.15, -0.1) is 0 Å². The summed E-state index contributed by atoms with van der Waals surface area (Å²) in [5.41, 5.74) is 1.88. The summed E-state index contributed by atoms with van der Waals surface area (Å²) in [7, 11) is 0. The summed E-state index contributed by atoms with van der Waals surface area (Å²) in [6, 6.07) is 10.4. The van der Waals surface area contributed by atoms with E-state index in [0.717, 1.165) is 5.56 Å². The van der Waals surface area contributed by atoms with Crippen LogP contribution < -0.4 is 10.6 Å². The van der Waals surface area contributed by atoms with Crippen LogP contribution in [0.25, 0.3) is 34.1 Å². The largest absolute Gasteiger partial charge is 0.355 e. The molecule has 1 atom stereocenters. The maximum atomic E-state index is 14.2. The van der Waals surface area contributed by atoms with Crippen LogP contribution in [-0.2, 0) is 4.79 Å². The first-order valence-electron chi connectivity index (χ1n) is 14.9. The Kier molecular flexibility index (Phi) is 6.75. The maximum absolute atomic E-state index is 14.2. The molecule has 1 aliphatic rings.